The second-order valence-electron chi connectivity index (χ2n) is 2.52. The molecule has 0 aromatic carbocycles. The van der Waals surface area contributed by atoms with E-state index in [4.69, 9.17) is 20.4 Å². The highest BCUT2D eigenvalue weighted by Gasteiger charge is 2.18. The maximum atomic E-state index is 11.2. The first-order valence-corrected chi connectivity index (χ1v) is 5.34. The van der Waals surface area contributed by atoms with Crippen LogP contribution in [0, 0.1) is 4.78 Å². The van der Waals surface area contributed by atoms with Gasteiger partial charge in [-0.25, -0.2) is 14.1 Å². The van der Waals surface area contributed by atoms with E-state index >= 15 is 0 Å². The molecule has 0 aromatic heterocycles. The molecule has 0 fully saturated rings. The van der Waals surface area contributed by atoms with Crippen LogP contribution in [0.1, 0.15) is 6.42 Å². The van der Waals surface area contributed by atoms with E-state index in [1.165, 1.54) is 0 Å². The topological polar surface area (TPSA) is 115 Å². The summed E-state index contributed by atoms with van der Waals surface area (Å²) in [5.74, 6) is 0.135. The first kappa shape index (κ1) is 10.0. The third-order valence-electron chi connectivity index (χ3n) is 1.49. The van der Waals surface area contributed by atoms with Crippen molar-refractivity contribution < 1.29 is 8.95 Å². The van der Waals surface area contributed by atoms with Crippen LogP contribution in [0.25, 0.3) is 0 Å². The van der Waals surface area contributed by atoms with Crippen molar-refractivity contribution in [2.45, 2.75) is 6.42 Å². The summed E-state index contributed by atoms with van der Waals surface area (Å²) in [7, 11) is -3.33. The zero-order valence-electron chi connectivity index (χ0n) is 7.03. The van der Waals surface area contributed by atoms with Crippen LogP contribution in [0.15, 0.2) is 16.1 Å². The molecule has 74 valence electrons. The monoisotopic (exact) mass is 204 g/mol. The minimum Gasteiger partial charge on any atom is -0.477 e. The van der Waals surface area contributed by atoms with E-state index in [1.54, 1.807) is 0 Å². The molecule has 1 heterocycles. The summed E-state index contributed by atoms with van der Waals surface area (Å²) in [5, 5.41) is 5.11. The van der Waals surface area contributed by atoms with Crippen LogP contribution in [0.5, 0.6) is 0 Å². The fourth-order valence-corrected chi connectivity index (χ4v) is 1.50. The normalized spacial score (nSPS) is 22.8. The van der Waals surface area contributed by atoms with Gasteiger partial charge in [-0.2, -0.15) is 0 Å². The van der Waals surface area contributed by atoms with Crippen molar-refractivity contribution in [2.24, 2.45) is 15.9 Å². The van der Waals surface area contributed by atoms with Crippen LogP contribution in [0.3, 0.4) is 0 Å². The van der Waals surface area contributed by atoms with E-state index in [0.717, 1.165) is 12.6 Å². The van der Waals surface area contributed by atoms with Gasteiger partial charge in [0.05, 0.1) is 6.61 Å². The van der Waals surface area contributed by atoms with Crippen molar-refractivity contribution in [1.82, 2.24) is 0 Å². The van der Waals surface area contributed by atoms with Gasteiger partial charge in [0.1, 0.15) is 14.8 Å². The molecule has 0 saturated carbocycles. The lowest BCUT2D eigenvalue weighted by Crippen LogP contribution is -2.25. The Balaban J connectivity index is 2.98. The highest BCUT2D eigenvalue weighted by molar-refractivity contribution is 7.95. The van der Waals surface area contributed by atoms with Gasteiger partial charge in [-0.1, -0.05) is 0 Å². The van der Waals surface area contributed by atoms with Crippen molar-refractivity contribution in [3.63, 3.8) is 0 Å². The Kier molecular flexibility index (Phi) is 2.89. The second-order valence-corrected chi connectivity index (χ2v) is 4.16. The Morgan fingerprint density at radius 1 is 1.77 bits per heavy atom. The fourth-order valence-electron chi connectivity index (χ4n) is 0.911. The lowest BCUT2D eigenvalue weighted by Gasteiger charge is -2.15. The third-order valence-corrected chi connectivity index (χ3v) is 2.45. The van der Waals surface area contributed by atoms with Gasteiger partial charge in [-0.3, -0.25) is 4.99 Å². The number of rotatable bonds is 2. The Bertz CT molecular complexity index is 344. The third kappa shape index (κ3) is 2.43. The van der Waals surface area contributed by atoms with Gasteiger partial charge < -0.3 is 10.5 Å². The predicted molar refractivity (Wildman–Crippen MR) is 50.2 cm³/mol. The van der Waals surface area contributed by atoms with Gasteiger partial charge in [0, 0.05) is 19.2 Å². The van der Waals surface area contributed by atoms with Crippen LogP contribution < -0.4 is 10.9 Å². The van der Waals surface area contributed by atoms with Crippen molar-refractivity contribution in [1.29, 1.82) is 4.78 Å². The number of hydrogen-bond acceptors (Lipinski definition) is 5. The van der Waals surface area contributed by atoms with E-state index in [9.17, 15) is 4.21 Å². The number of nitrogens with zero attached hydrogens (tertiary/aromatic N) is 1. The molecule has 1 aliphatic heterocycles. The Morgan fingerprint density at radius 2 is 2.46 bits per heavy atom. The molecule has 1 aliphatic rings. The number of nitrogens with one attached hydrogen (secondary N) is 1. The first-order valence-electron chi connectivity index (χ1n) is 3.72. The van der Waals surface area contributed by atoms with E-state index in [0.29, 0.717) is 13.2 Å². The minimum atomic E-state index is -3.33. The highest BCUT2D eigenvalue weighted by atomic mass is 32.2. The Labute approximate surface area is 76.8 Å². The van der Waals surface area contributed by atoms with Gasteiger partial charge in [0.25, 0.3) is 0 Å². The molecule has 0 bridgehead atoms. The SMILES string of the molecule is N=S(N)(=O)C(=CN)C1=NCCCO1. The summed E-state index contributed by atoms with van der Waals surface area (Å²) < 4.78 is 23.4. The zero-order chi connectivity index (χ0) is 9.90. The van der Waals surface area contributed by atoms with Crippen molar-refractivity contribution in [3.05, 3.63) is 11.1 Å². The van der Waals surface area contributed by atoms with Crippen LogP contribution in [0.4, 0.5) is 0 Å². The predicted octanol–water partition coefficient (Wildman–Crippen LogP) is -0.474. The maximum absolute atomic E-state index is 11.2. The summed E-state index contributed by atoms with van der Waals surface area (Å²) in [5.41, 5.74) is 5.19. The van der Waals surface area contributed by atoms with Crippen LogP contribution in [0.2, 0.25) is 0 Å². The van der Waals surface area contributed by atoms with Crippen molar-refractivity contribution >= 4 is 15.8 Å². The molecule has 0 radical (unpaired) electrons. The van der Waals surface area contributed by atoms with E-state index in [1.807, 2.05) is 0 Å². The van der Waals surface area contributed by atoms with E-state index in [-0.39, 0.29) is 10.8 Å². The molecule has 1 rings (SSSR count). The van der Waals surface area contributed by atoms with Crippen LogP contribution >= 0.6 is 0 Å². The lowest BCUT2D eigenvalue weighted by molar-refractivity contribution is 0.284. The molecular weight excluding hydrogens is 192 g/mol. The largest absolute Gasteiger partial charge is 0.477 e. The summed E-state index contributed by atoms with van der Waals surface area (Å²) in [6.07, 6.45) is 1.82. The number of nitrogens with two attached hydrogens (primary N) is 2. The fraction of sp³-hybridized carbons (Fsp3) is 0.500. The maximum Gasteiger partial charge on any atom is 0.229 e. The second kappa shape index (κ2) is 3.75. The molecule has 13 heavy (non-hydrogen) atoms. The van der Waals surface area contributed by atoms with Crippen LogP contribution in [-0.2, 0) is 14.7 Å². The van der Waals surface area contributed by atoms with Gasteiger partial charge in [0.15, 0.2) is 0 Å². The van der Waals surface area contributed by atoms with E-state index in [2.05, 4.69) is 4.99 Å². The molecule has 0 spiro atoms. The van der Waals surface area contributed by atoms with Crippen LogP contribution in [-0.4, -0.2) is 23.3 Å². The smallest absolute Gasteiger partial charge is 0.229 e. The van der Waals surface area contributed by atoms with Gasteiger partial charge >= 0.3 is 0 Å². The molecule has 0 aliphatic carbocycles. The minimum absolute atomic E-state index is 0.0350. The molecule has 0 saturated heterocycles. The standard InChI is InChI=1S/C6H12N4O2S/c7-4-5(13(8,9)11)6-10-2-1-3-12-6/h4H,1-3,7H2,(H3,8,9,11). The molecule has 1 unspecified atom stereocenters. The van der Waals surface area contributed by atoms with Gasteiger partial charge in [0.2, 0.25) is 5.90 Å². The Morgan fingerprint density at radius 3 is 2.85 bits per heavy atom. The molecule has 5 N–H and O–H groups in total. The molecule has 0 aromatic rings. The zero-order valence-corrected chi connectivity index (χ0v) is 7.84. The number of hydrogen-bond donors (Lipinski definition) is 3. The van der Waals surface area contributed by atoms with Crippen molar-refractivity contribution in [2.75, 3.05) is 13.2 Å². The summed E-state index contributed by atoms with van der Waals surface area (Å²) >= 11 is 0. The summed E-state index contributed by atoms with van der Waals surface area (Å²) in [6, 6.07) is 0. The number of aliphatic imine (C=N–C) groups is 1. The van der Waals surface area contributed by atoms with Gasteiger partial charge in [-0.15, -0.1) is 0 Å². The van der Waals surface area contributed by atoms with Crippen molar-refractivity contribution in [3.8, 4) is 0 Å². The van der Waals surface area contributed by atoms with Gasteiger partial charge in [-0.05, 0) is 0 Å². The molecule has 1 atom stereocenters. The quantitative estimate of drug-likeness (QED) is 0.564. The Hall–Kier alpha value is -1.08. The first-order chi connectivity index (χ1) is 6.05. The average molecular weight is 204 g/mol. The lowest BCUT2D eigenvalue weighted by atomic mass is 10.4. The number of ether oxygens (including phenoxy) is 1. The average Bonchev–Trinajstić information content (AvgIpc) is 2.05. The van der Waals surface area contributed by atoms with E-state index < -0.39 is 9.92 Å². The summed E-state index contributed by atoms with van der Waals surface area (Å²) in [4.78, 5) is 3.90. The molecule has 7 heteroatoms. The molecular formula is C6H12N4O2S. The molecule has 6 nitrogen and oxygen atoms in total. The molecule has 0 amide bonds. The summed E-state index contributed by atoms with van der Waals surface area (Å²) in [6.45, 7) is 1.08. The highest BCUT2D eigenvalue weighted by Crippen LogP contribution is 2.09.